The van der Waals surface area contributed by atoms with Gasteiger partial charge < -0.3 is 15.5 Å². The van der Waals surface area contributed by atoms with Crippen LogP contribution in [0.5, 0.6) is 11.5 Å². The summed E-state index contributed by atoms with van der Waals surface area (Å²) in [6.07, 6.45) is 3.85. The van der Waals surface area contributed by atoms with Gasteiger partial charge in [-0.2, -0.15) is 0 Å². The van der Waals surface area contributed by atoms with Crippen LogP contribution in [0.1, 0.15) is 16.7 Å². The van der Waals surface area contributed by atoms with E-state index >= 15 is 0 Å². The van der Waals surface area contributed by atoms with E-state index in [0.29, 0.717) is 18.1 Å². The first kappa shape index (κ1) is 18.1. The third-order valence-electron chi connectivity index (χ3n) is 4.67. The summed E-state index contributed by atoms with van der Waals surface area (Å²) >= 11 is 6.14. The van der Waals surface area contributed by atoms with Gasteiger partial charge in [-0.25, -0.2) is 0 Å². The second-order valence-electron chi connectivity index (χ2n) is 6.66. The number of nitrogens with one attached hydrogen (secondary N) is 1. The Hall–Kier alpha value is -3.24. The third-order valence-corrected chi connectivity index (χ3v) is 4.91. The van der Waals surface area contributed by atoms with Crippen molar-refractivity contribution in [1.82, 2.24) is 5.32 Å². The molecule has 0 bridgehead atoms. The highest BCUT2D eigenvalue weighted by Crippen LogP contribution is 2.30. The highest BCUT2D eigenvalue weighted by atomic mass is 35.5. The topological polar surface area (TPSA) is 64.8 Å². The van der Waals surface area contributed by atoms with Crippen molar-refractivity contribution in [3.05, 3.63) is 88.6 Å². The largest absolute Gasteiger partial charge is 0.504 e. The number of halogens is 1. The van der Waals surface area contributed by atoms with E-state index in [2.05, 4.69) is 28.5 Å². The van der Waals surface area contributed by atoms with Gasteiger partial charge in [0.1, 0.15) is 0 Å². The fourth-order valence-electron chi connectivity index (χ4n) is 3.22. The number of phenolic OH excluding ortho intramolecular Hbond substituents is 2. The van der Waals surface area contributed by atoms with Crippen LogP contribution in [0, 0.1) is 0 Å². The molecule has 5 heteroatoms. The minimum atomic E-state index is -0.120. The summed E-state index contributed by atoms with van der Waals surface area (Å²) < 4.78 is 0. The molecule has 0 spiro atoms. The van der Waals surface area contributed by atoms with Crippen LogP contribution < -0.4 is 5.32 Å². The molecule has 28 heavy (non-hydrogen) atoms. The summed E-state index contributed by atoms with van der Waals surface area (Å²) in [5.74, 6) is -0.239. The van der Waals surface area contributed by atoms with Crippen LogP contribution in [-0.4, -0.2) is 23.0 Å². The molecule has 1 aliphatic rings. The quantitative estimate of drug-likeness (QED) is 0.550. The molecule has 0 amide bonds. The molecule has 0 aliphatic carbocycles. The minimum Gasteiger partial charge on any atom is -0.504 e. The van der Waals surface area contributed by atoms with E-state index in [0.717, 1.165) is 33.4 Å². The number of nitrogens with zero attached hydrogens (tertiary/aromatic N) is 1. The van der Waals surface area contributed by atoms with Crippen LogP contribution in [0.15, 0.2) is 71.9 Å². The minimum absolute atomic E-state index is 0.119. The highest BCUT2D eigenvalue weighted by molar-refractivity contribution is 6.30. The van der Waals surface area contributed by atoms with Crippen LogP contribution in [0.2, 0.25) is 5.02 Å². The van der Waals surface area contributed by atoms with Gasteiger partial charge in [-0.1, -0.05) is 41.9 Å². The number of benzene rings is 3. The number of hydrogen-bond donors (Lipinski definition) is 3. The van der Waals surface area contributed by atoms with Crippen molar-refractivity contribution in [2.24, 2.45) is 4.99 Å². The molecule has 3 N–H and O–H groups in total. The van der Waals surface area contributed by atoms with Crippen molar-refractivity contribution in [1.29, 1.82) is 0 Å². The standard InChI is InChI=1S/C23H19ClN2O2/c24-20-3-1-2-16(9-20)17-5-6-18-12-26-14-19(21(18)10-17)13-25-11-15-4-7-22(27)23(28)8-15/h1-10,12-13,25,27-28H,11,14H2. The maximum atomic E-state index is 9.61. The van der Waals surface area contributed by atoms with Gasteiger partial charge in [-0.15, -0.1) is 0 Å². The molecular formula is C23H19ClN2O2. The molecule has 0 radical (unpaired) electrons. The number of fused-ring (bicyclic) bond motifs is 1. The molecule has 3 aromatic carbocycles. The lowest BCUT2D eigenvalue weighted by Gasteiger charge is -2.16. The first-order valence-electron chi connectivity index (χ1n) is 8.93. The van der Waals surface area contributed by atoms with E-state index in [1.54, 1.807) is 12.1 Å². The molecule has 1 aliphatic heterocycles. The Morgan fingerprint density at radius 1 is 0.964 bits per heavy atom. The zero-order valence-corrected chi connectivity index (χ0v) is 15.8. The lowest BCUT2D eigenvalue weighted by atomic mass is 9.94. The number of hydrogen-bond acceptors (Lipinski definition) is 4. The second-order valence-corrected chi connectivity index (χ2v) is 7.09. The second kappa shape index (κ2) is 7.79. The predicted octanol–water partition coefficient (Wildman–Crippen LogP) is 4.98. The molecule has 140 valence electrons. The summed E-state index contributed by atoms with van der Waals surface area (Å²) in [4.78, 5) is 4.44. The molecule has 0 aromatic heterocycles. The third kappa shape index (κ3) is 3.87. The molecule has 0 saturated carbocycles. The molecule has 0 fully saturated rings. The van der Waals surface area contributed by atoms with Crippen LogP contribution in [-0.2, 0) is 6.54 Å². The SMILES string of the molecule is Oc1ccc(CNC=C2CN=Cc3ccc(-c4cccc(Cl)c4)cc32)cc1O. The summed E-state index contributed by atoms with van der Waals surface area (Å²) in [6, 6.07) is 18.9. The fraction of sp³-hybridized carbons (Fsp3) is 0.0870. The van der Waals surface area contributed by atoms with Gasteiger partial charge in [-0.3, -0.25) is 4.99 Å². The Morgan fingerprint density at radius 3 is 2.64 bits per heavy atom. The number of aromatic hydroxyl groups is 2. The van der Waals surface area contributed by atoms with E-state index < -0.39 is 0 Å². The van der Waals surface area contributed by atoms with Crippen molar-refractivity contribution in [3.8, 4) is 22.6 Å². The molecular weight excluding hydrogens is 372 g/mol. The normalized spacial score (nSPS) is 14.1. The summed E-state index contributed by atoms with van der Waals surface area (Å²) in [5.41, 5.74) is 6.35. The van der Waals surface area contributed by atoms with Gasteiger partial charge in [0.15, 0.2) is 11.5 Å². The zero-order valence-electron chi connectivity index (χ0n) is 15.1. The van der Waals surface area contributed by atoms with E-state index in [1.807, 2.05) is 36.7 Å². The Kier molecular flexibility index (Phi) is 5.04. The summed E-state index contributed by atoms with van der Waals surface area (Å²) in [5, 5.41) is 23.0. The Morgan fingerprint density at radius 2 is 1.82 bits per heavy atom. The molecule has 4 rings (SSSR count). The monoisotopic (exact) mass is 390 g/mol. The maximum absolute atomic E-state index is 9.61. The maximum Gasteiger partial charge on any atom is 0.157 e. The summed E-state index contributed by atoms with van der Waals surface area (Å²) in [7, 11) is 0. The van der Waals surface area contributed by atoms with Crippen molar-refractivity contribution >= 4 is 23.4 Å². The van der Waals surface area contributed by atoms with Gasteiger partial charge >= 0.3 is 0 Å². The van der Waals surface area contributed by atoms with Gasteiger partial charge in [-0.05, 0) is 63.7 Å². The molecule has 4 nitrogen and oxygen atoms in total. The van der Waals surface area contributed by atoms with Gasteiger partial charge in [0.05, 0.1) is 6.54 Å². The average molecular weight is 391 g/mol. The van der Waals surface area contributed by atoms with Crippen LogP contribution in [0.25, 0.3) is 16.7 Å². The number of aliphatic imine (C=N–C) groups is 1. The van der Waals surface area contributed by atoms with E-state index in [9.17, 15) is 10.2 Å². The first-order valence-corrected chi connectivity index (χ1v) is 9.31. The van der Waals surface area contributed by atoms with Crippen molar-refractivity contribution in [2.45, 2.75) is 6.54 Å². The van der Waals surface area contributed by atoms with Crippen molar-refractivity contribution in [3.63, 3.8) is 0 Å². The molecule has 0 atom stereocenters. The van der Waals surface area contributed by atoms with Crippen LogP contribution >= 0.6 is 11.6 Å². The summed E-state index contributed by atoms with van der Waals surface area (Å²) in [6.45, 7) is 1.13. The Balaban J connectivity index is 1.58. The van der Waals surface area contributed by atoms with E-state index in [1.165, 1.54) is 6.07 Å². The van der Waals surface area contributed by atoms with Gasteiger partial charge in [0.2, 0.25) is 0 Å². The Bertz CT molecular complexity index is 1090. The zero-order chi connectivity index (χ0) is 19.5. The Labute approximate surface area is 168 Å². The lowest BCUT2D eigenvalue weighted by Crippen LogP contribution is -2.09. The van der Waals surface area contributed by atoms with Crippen molar-refractivity contribution < 1.29 is 10.2 Å². The lowest BCUT2D eigenvalue weighted by molar-refractivity contribution is 0.403. The van der Waals surface area contributed by atoms with Gasteiger partial charge in [0.25, 0.3) is 0 Å². The van der Waals surface area contributed by atoms with Crippen LogP contribution in [0.4, 0.5) is 0 Å². The van der Waals surface area contributed by atoms with E-state index in [4.69, 9.17) is 11.6 Å². The average Bonchev–Trinajstić information content (AvgIpc) is 2.70. The van der Waals surface area contributed by atoms with Gasteiger partial charge in [0, 0.05) is 24.0 Å². The smallest absolute Gasteiger partial charge is 0.157 e. The van der Waals surface area contributed by atoms with Crippen molar-refractivity contribution in [2.75, 3.05) is 6.54 Å². The van der Waals surface area contributed by atoms with Crippen LogP contribution in [0.3, 0.4) is 0 Å². The van der Waals surface area contributed by atoms with E-state index in [-0.39, 0.29) is 11.5 Å². The predicted molar refractivity (Wildman–Crippen MR) is 114 cm³/mol. The molecule has 0 saturated heterocycles. The fourth-order valence-corrected chi connectivity index (χ4v) is 3.41. The number of phenols is 2. The molecule has 3 aromatic rings. The first-order chi connectivity index (χ1) is 13.6. The molecule has 0 unspecified atom stereocenters. The molecule has 1 heterocycles. The highest BCUT2D eigenvalue weighted by Gasteiger charge is 2.12. The number of rotatable bonds is 4.